The summed E-state index contributed by atoms with van der Waals surface area (Å²) in [5, 5.41) is 3.40. The second-order valence-corrected chi connectivity index (χ2v) is 5.56. The van der Waals surface area contributed by atoms with Crippen LogP contribution < -0.4 is 10.2 Å². The van der Waals surface area contributed by atoms with Crippen molar-refractivity contribution in [3.63, 3.8) is 0 Å². The molecule has 3 heterocycles. The highest BCUT2D eigenvalue weighted by Gasteiger charge is 2.21. The average molecular weight is 294 g/mol. The largest absolute Gasteiger partial charge is 0.351 e. The Balaban J connectivity index is 1.41. The van der Waals surface area contributed by atoms with Gasteiger partial charge in [-0.3, -0.25) is 0 Å². The van der Waals surface area contributed by atoms with Crippen molar-refractivity contribution in [2.75, 3.05) is 23.3 Å². The van der Waals surface area contributed by atoms with Gasteiger partial charge in [-0.15, -0.1) is 0 Å². The zero-order valence-electron chi connectivity index (χ0n) is 12.2. The highest BCUT2D eigenvalue weighted by Crippen LogP contribution is 2.21. The van der Waals surface area contributed by atoms with E-state index >= 15 is 0 Å². The summed E-state index contributed by atoms with van der Waals surface area (Å²) in [6.07, 6.45) is 5.63. The summed E-state index contributed by atoms with van der Waals surface area (Å²) >= 11 is 0. The number of imidazole rings is 1. The summed E-state index contributed by atoms with van der Waals surface area (Å²) in [6.45, 7) is 1.95. The van der Waals surface area contributed by atoms with E-state index in [1.165, 1.54) is 0 Å². The van der Waals surface area contributed by atoms with Crippen LogP contribution in [0, 0.1) is 0 Å². The molecule has 4 rings (SSSR count). The number of rotatable bonds is 3. The molecular weight excluding hydrogens is 276 g/mol. The minimum Gasteiger partial charge on any atom is -0.351 e. The Hall–Kier alpha value is -2.63. The van der Waals surface area contributed by atoms with Gasteiger partial charge >= 0.3 is 0 Å². The van der Waals surface area contributed by atoms with Crippen LogP contribution in [0.15, 0.2) is 42.7 Å². The number of benzene rings is 1. The van der Waals surface area contributed by atoms with Crippen LogP contribution in [-0.4, -0.2) is 39.1 Å². The van der Waals surface area contributed by atoms with Crippen molar-refractivity contribution in [1.29, 1.82) is 0 Å². The molecule has 22 heavy (non-hydrogen) atoms. The molecule has 6 nitrogen and oxygen atoms in total. The Kier molecular flexibility index (Phi) is 3.34. The van der Waals surface area contributed by atoms with Gasteiger partial charge in [0.2, 0.25) is 11.9 Å². The first-order valence-corrected chi connectivity index (χ1v) is 7.62. The van der Waals surface area contributed by atoms with Crippen molar-refractivity contribution in [2.24, 2.45) is 0 Å². The molecule has 0 bridgehead atoms. The standard InChI is InChI=1S/C16H18N6/c1-2-5-14-13(4-1)20-16(21-14)22-10-6-12(7-11-22)19-15-17-8-3-9-18-15/h1-5,8-9,12H,6-7,10-11H2,(H,20,21)(H,17,18,19). The summed E-state index contributed by atoms with van der Waals surface area (Å²) in [5.41, 5.74) is 2.12. The Bertz CT molecular complexity index is 712. The molecule has 0 radical (unpaired) electrons. The fourth-order valence-corrected chi connectivity index (χ4v) is 2.88. The fraction of sp³-hybridized carbons (Fsp3) is 0.312. The normalized spacial score (nSPS) is 16.1. The van der Waals surface area contributed by atoms with Crippen LogP contribution in [0.25, 0.3) is 11.0 Å². The zero-order chi connectivity index (χ0) is 14.8. The van der Waals surface area contributed by atoms with Crippen LogP contribution in [0.3, 0.4) is 0 Å². The molecule has 1 aliphatic heterocycles. The first kappa shape index (κ1) is 13.1. The van der Waals surface area contributed by atoms with Gasteiger partial charge in [0.15, 0.2) is 0 Å². The smallest absolute Gasteiger partial charge is 0.222 e. The number of nitrogens with zero attached hydrogens (tertiary/aromatic N) is 4. The molecule has 112 valence electrons. The summed E-state index contributed by atoms with van der Waals surface area (Å²) in [6, 6.07) is 10.4. The van der Waals surface area contributed by atoms with E-state index in [4.69, 9.17) is 0 Å². The number of H-pyrrole nitrogens is 1. The number of para-hydroxylation sites is 2. The molecule has 2 N–H and O–H groups in total. The van der Waals surface area contributed by atoms with E-state index in [9.17, 15) is 0 Å². The van der Waals surface area contributed by atoms with Crippen LogP contribution in [0.1, 0.15) is 12.8 Å². The summed E-state index contributed by atoms with van der Waals surface area (Å²) < 4.78 is 0. The van der Waals surface area contributed by atoms with Crippen molar-refractivity contribution in [3.8, 4) is 0 Å². The van der Waals surface area contributed by atoms with Gasteiger partial charge in [0.25, 0.3) is 0 Å². The van der Waals surface area contributed by atoms with E-state index in [0.29, 0.717) is 12.0 Å². The van der Waals surface area contributed by atoms with E-state index < -0.39 is 0 Å². The van der Waals surface area contributed by atoms with Crippen molar-refractivity contribution in [1.82, 2.24) is 19.9 Å². The number of aromatic amines is 1. The fourth-order valence-electron chi connectivity index (χ4n) is 2.88. The quantitative estimate of drug-likeness (QED) is 0.776. The molecule has 0 aliphatic carbocycles. The molecule has 0 saturated carbocycles. The monoisotopic (exact) mass is 294 g/mol. The second kappa shape index (κ2) is 5.63. The maximum absolute atomic E-state index is 4.67. The first-order valence-electron chi connectivity index (χ1n) is 7.62. The van der Waals surface area contributed by atoms with Gasteiger partial charge in [-0.2, -0.15) is 0 Å². The van der Waals surface area contributed by atoms with Crippen molar-refractivity contribution < 1.29 is 0 Å². The minimum atomic E-state index is 0.419. The van der Waals surface area contributed by atoms with E-state index in [-0.39, 0.29) is 0 Å². The van der Waals surface area contributed by atoms with Crippen LogP contribution in [0.2, 0.25) is 0 Å². The van der Waals surface area contributed by atoms with Gasteiger partial charge in [-0.05, 0) is 31.0 Å². The maximum Gasteiger partial charge on any atom is 0.222 e. The molecular formula is C16H18N6. The third-order valence-corrected chi connectivity index (χ3v) is 4.07. The lowest BCUT2D eigenvalue weighted by Crippen LogP contribution is -2.39. The molecule has 3 aromatic rings. The van der Waals surface area contributed by atoms with E-state index in [0.717, 1.165) is 42.9 Å². The lowest BCUT2D eigenvalue weighted by molar-refractivity contribution is 0.519. The predicted molar refractivity (Wildman–Crippen MR) is 87.0 cm³/mol. The number of hydrogen-bond acceptors (Lipinski definition) is 5. The van der Waals surface area contributed by atoms with Crippen LogP contribution >= 0.6 is 0 Å². The second-order valence-electron chi connectivity index (χ2n) is 5.56. The molecule has 1 aromatic carbocycles. The lowest BCUT2D eigenvalue weighted by atomic mass is 10.1. The predicted octanol–water partition coefficient (Wildman–Crippen LogP) is 2.43. The molecule has 0 amide bonds. The van der Waals surface area contributed by atoms with Gasteiger partial charge < -0.3 is 15.2 Å². The number of anilines is 2. The first-order chi connectivity index (χ1) is 10.9. The van der Waals surface area contributed by atoms with E-state index in [1.54, 1.807) is 12.4 Å². The SMILES string of the molecule is c1cnc(NC2CCN(c3nc4ccccc4[nH]3)CC2)nc1. The molecule has 0 spiro atoms. The molecule has 2 aromatic heterocycles. The topological polar surface area (TPSA) is 69.7 Å². The van der Waals surface area contributed by atoms with Gasteiger partial charge in [0.05, 0.1) is 11.0 Å². The van der Waals surface area contributed by atoms with Crippen LogP contribution in [-0.2, 0) is 0 Å². The molecule has 1 saturated heterocycles. The third-order valence-electron chi connectivity index (χ3n) is 4.07. The number of hydrogen-bond donors (Lipinski definition) is 2. The third kappa shape index (κ3) is 2.59. The summed E-state index contributed by atoms with van der Waals surface area (Å²) in [5.74, 6) is 1.68. The molecule has 6 heteroatoms. The van der Waals surface area contributed by atoms with Crippen LogP contribution in [0.4, 0.5) is 11.9 Å². The Morgan fingerprint density at radius 3 is 2.59 bits per heavy atom. The van der Waals surface area contributed by atoms with E-state index in [1.807, 2.05) is 24.3 Å². The van der Waals surface area contributed by atoms with Gasteiger partial charge in [-0.25, -0.2) is 15.0 Å². The molecule has 1 aliphatic rings. The summed E-state index contributed by atoms with van der Waals surface area (Å²) in [4.78, 5) is 18.8. The van der Waals surface area contributed by atoms with Crippen molar-refractivity contribution in [3.05, 3.63) is 42.7 Å². The number of aromatic nitrogens is 4. The van der Waals surface area contributed by atoms with E-state index in [2.05, 4.69) is 36.2 Å². The lowest BCUT2D eigenvalue weighted by Gasteiger charge is -2.32. The molecule has 0 atom stereocenters. The average Bonchev–Trinajstić information content (AvgIpc) is 3.00. The van der Waals surface area contributed by atoms with Gasteiger partial charge in [0, 0.05) is 31.5 Å². The van der Waals surface area contributed by atoms with Crippen molar-refractivity contribution >= 4 is 22.9 Å². The zero-order valence-corrected chi connectivity index (χ0v) is 12.2. The van der Waals surface area contributed by atoms with Crippen molar-refractivity contribution in [2.45, 2.75) is 18.9 Å². The Labute approximate surface area is 128 Å². The number of nitrogens with one attached hydrogen (secondary N) is 2. The van der Waals surface area contributed by atoms with Gasteiger partial charge in [-0.1, -0.05) is 12.1 Å². The number of piperidine rings is 1. The molecule has 0 unspecified atom stereocenters. The van der Waals surface area contributed by atoms with Crippen LogP contribution in [0.5, 0.6) is 0 Å². The maximum atomic E-state index is 4.67. The number of fused-ring (bicyclic) bond motifs is 1. The Morgan fingerprint density at radius 2 is 1.82 bits per heavy atom. The molecule has 1 fully saturated rings. The Morgan fingerprint density at radius 1 is 1.05 bits per heavy atom. The summed E-state index contributed by atoms with van der Waals surface area (Å²) in [7, 11) is 0. The highest BCUT2D eigenvalue weighted by atomic mass is 15.3. The highest BCUT2D eigenvalue weighted by molar-refractivity contribution is 5.77. The minimum absolute atomic E-state index is 0.419. The van der Waals surface area contributed by atoms with Gasteiger partial charge in [0.1, 0.15) is 0 Å².